The number of nitrogens with zero attached hydrogens (tertiary/aromatic N) is 4. The number of fused-ring (bicyclic) bond motifs is 2. The summed E-state index contributed by atoms with van der Waals surface area (Å²) in [4.78, 5) is 62.5. The van der Waals surface area contributed by atoms with Gasteiger partial charge in [-0.25, -0.2) is 4.98 Å². The Kier molecular flexibility index (Phi) is 4.93. The molecule has 9 nitrogen and oxygen atoms in total. The number of carbonyl (C=O) groups excluding carboxylic acids is 4. The van der Waals surface area contributed by atoms with Gasteiger partial charge < -0.3 is 14.8 Å². The number of benzene rings is 2. The molecular weight excluding hydrogens is 410 g/mol. The topological polar surface area (TPSA) is 107 Å². The maximum Gasteiger partial charge on any atom is 0.262 e. The Balaban J connectivity index is 1.23. The van der Waals surface area contributed by atoms with Crippen LogP contribution >= 0.6 is 0 Å². The molecule has 0 bridgehead atoms. The summed E-state index contributed by atoms with van der Waals surface area (Å²) in [5, 5.41) is 0. The van der Waals surface area contributed by atoms with E-state index in [2.05, 4.69) is 9.97 Å². The molecule has 2 aliphatic heterocycles. The van der Waals surface area contributed by atoms with E-state index in [1.165, 1.54) is 0 Å². The van der Waals surface area contributed by atoms with E-state index in [1.54, 1.807) is 58.6 Å². The van der Waals surface area contributed by atoms with Crippen LogP contribution in [0.15, 0.2) is 48.8 Å². The van der Waals surface area contributed by atoms with Crippen LogP contribution in [-0.2, 0) is 4.79 Å². The van der Waals surface area contributed by atoms with E-state index in [9.17, 15) is 19.2 Å². The summed E-state index contributed by atoms with van der Waals surface area (Å²) in [5.41, 5.74) is 2.80. The zero-order chi connectivity index (χ0) is 22.2. The lowest BCUT2D eigenvalue weighted by Crippen LogP contribution is -2.44. The Hall–Kier alpha value is -4.01. The van der Waals surface area contributed by atoms with Gasteiger partial charge in [0.2, 0.25) is 5.91 Å². The number of aromatic amines is 1. The van der Waals surface area contributed by atoms with Gasteiger partial charge in [0.15, 0.2) is 0 Å². The predicted molar refractivity (Wildman–Crippen MR) is 115 cm³/mol. The number of H-pyrrole nitrogens is 1. The second kappa shape index (κ2) is 7.92. The van der Waals surface area contributed by atoms with Gasteiger partial charge in [-0.2, -0.15) is 0 Å². The summed E-state index contributed by atoms with van der Waals surface area (Å²) in [6.45, 7) is 1.42. The summed E-state index contributed by atoms with van der Waals surface area (Å²) in [5.74, 6) is -1.29. The van der Waals surface area contributed by atoms with Crippen molar-refractivity contribution in [3.8, 4) is 0 Å². The molecule has 3 heterocycles. The molecule has 32 heavy (non-hydrogen) atoms. The van der Waals surface area contributed by atoms with Crippen molar-refractivity contribution in [3.63, 3.8) is 0 Å². The van der Waals surface area contributed by atoms with Crippen LogP contribution in [0, 0.1) is 0 Å². The van der Waals surface area contributed by atoms with Gasteiger partial charge in [0.25, 0.3) is 17.7 Å². The number of aromatic nitrogens is 2. The molecule has 0 saturated carbocycles. The van der Waals surface area contributed by atoms with Crippen LogP contribution in [0.3, 0.4) is 0 Å². The van der Waals surface area contributed by atoms with Gasteiger partial charge in [-0.15, -0.1) is 0 Å². The first-order valence-corrected chi connectivity index (χ1v) is 10.5. The average Bonchev–Trinajstić information content (AvgIpc) is 3.26. The molecule has 1 N–H and O–H groups in total. The summed E-state index contributed by atoms with van der Waals surface area (Å²) < 4.78 is 0. The lowest BCUT2D eigenvalue weighted by atomic mass is 10.1. The zero-order valence-corrected chi connectivity index (χ0v) is 17.3. The highest BCUT2D eigenvalue weighted by Crippen LogP contribution is 2.22. The number of imidazole rings is 1. The summed E-state index contributed by atoms with van der Waals surface area (Å²) in [7, 11) is 0. The largest absolute Gasteiger partial charge is 0.345 e. The lowest BCUT2D eigenvalue weighted by molar-refractivity contribution is -0.131. The van der Waals surface area contributed by atoms with Crippen molar-refractivity contribution in [2.45, 2.75) is 6.42 Å². The van der Waals surface area contributed by atoms with Gasteiger partial charge in [0.05, 0.1) is 28.5 Å². The van der Waals surface area contributed by atoms with Crippen LogP contribution in [0.1, 0.15) is 37.5 Å². The van der Waals surface area contributed by atoms with Crippen LogP contribution in [0.2, 0.25) is 0 Å². The fourth-order valence-corrected chi connectivity index (χ4v) is 4.24. The molecule has 5 rings (SSSR count). The van der Waals surface area contributed by atoms with Crippen molar-refractivity contribution in [2.75, 3.05) is 32.7 Å². The second-order valence-electron chi connectivity index (χ2n) is 7.90. The Labute approximate surface area is 183 Å². The first-order valence-electron chi connectivity index (χ1n) is 10.5. The van der Waals surface area contributed by atoms with Gasteiger partial charge in [-0.1, -0.05) is 12.1 Å². The third-order valence-corrected chi connectivity index (χ3v) is 5.97. The number of imide groups is 1. The van der Waals surface area contributed by atoms with E-state index in [4.69, 9.17) is 0 Å². The highest BCUT2D eigenvalue weighted by atomic mass is 16.2. The molecule has 1 fully saturated rings. The zero-order valence-electron chi connectivity index (χ0n) is 17.3. The van der Waals surface area contributed by atoms with Crippen molar-refractivity contribution >= 4 is 34.7 Å². The number of hydrogen-bond acceptors (Lipinski definition) is 5. The van der Waals surface area contributed by atoms with Gasteiger partial charge in [-0.05, 0) is 36.8 Å². The van der Waals surface area contributed by atoms with Gasteiger partial charge in [-0.3, -0.25) is 24.1 Å². The molecule has 9 heteroatoms. The van der Waals surface area contributed by atoms with E-state index in [0.29, 0.717) is 49.3 Å². The van der Waals surface area contributed by atoms with Crippen LogP contribution in [0.5, 0.6) is 0 Å². The number of hydrogen-bond donors (Lipinski definition) is 1. The fourth-order valence-electron chi connectivity index (χ4n) is 4.24. The van der Waals surface area contributed by atoms with Gasteiger partial charge >= 0.3 is 0 Å². The Morgan fingerprint density at radius 1 is 0.906 bits per heavy atom. The molecule has 3 aromatic rings. The maximum absolute atomic E-state index is 13.0. The molecule has 1 saturated heterocycles. The Morgan fingerprint density at radius 3 is 2.34 bits per heavy atom. The monoisotopic (exact) mass is 431 g/mol. The first-order chi connectivity index (χ1) is 15.5. The summed E-state index contributed by atoms with van der Waals surface area (Å²) in [6, 6.07) is 11.9. The SMILES string of the molecule is O=C(CN1C(=O)c2ccccc2C1=O)N1CCCN(C(=O)c2ccc3nc[nH]c3c2)CC1. The Bertz CT molecular complexity index is 1210. The fraction of sp³-hybridized carbons (Fsp3) is 0.261. The average molecular weight is 431 g/mol. The summed E-state index contributed by atoms with van der Waals surface area (Å²) in [6.07, 6.45) is 2.20. The summed E-state index contributed by atoms with van der Waals surface area (Å²) >= 11 is 0. The van der Waals surface area contributed by atoms with Crippen molar-refractivity contribution in [1.29, 1.82) is 0 Å². The molecule has 2 aliphatic rings. The van der Waals surface area contributed by atoms with Crippen LogP contribution in [-0.4, -0.2) is 81.0 Å². The molecule has 1 aromatic heterocycles. The number of nitrogens with one attached hydrogen (secondary N) is 1. The third-order valence-electron chi connectivity index (χ3n) is 5.97. The maximum atomic E-state index is 13.0. The van der Waals surface area contributed by atoms with E-state index in [-0.39, 0.29) is 18.4 Å². The standard InChI is InChI=1S/C23H21N5O4/c29-20(13-28-22(31)16-4-1-2-5-17(16)23(28)32)26-8-3-9-27(11-10-26)21(30)15-6-7-18-19(12-15)25-14-24-18/h1-2,4-7,12,14H,3,8-11,13H2,(H,24,25). The normalized spacial score (nSPS) is 16.4. The third kappa shape index (κ3) is 3.41. The molecule has 0 spiro atoms. The van der Waals surface area contributed by atoms with Crippen LogP contribution < -0.4 is 0 Å². The number of carbonyl (C=O) groups is 4. The molecule has 4 amide bonds. The van der Waals surface area contributed by atoms with E-state index >= 15 is 0 Å². The minimum absolute atomic E-state index is 0.101. The van der Waals surface area contributed by atoms with E-state index in [0.717, 1.165) is 15.9 Å². The highest BCUT2D eigenvalue weighted by molar-refractivity contribution is 6.22. The molecule has 2 aromatic carbocycles. The molecule has 0 radical (unpaired) electrons. The quantitative estimate of drug-likeness (QED) is 0.633. The Morgan fingerprint density at radius 2 is 1.59 bits per heavy atom. The second-order valence-corrected chi connectivity index (χ2v) is 7.90. The molecule has 162 valence electrons. The molecule has 0 unspecified atom stereocenters. The highest BCUT2D eigenvalue weighted by Gasteiger charge is 2.37. The van der Waals surface area contributed by atoms with E-state index < -0.39 is 11.8 Å². The smallest absolute Gasteiger partial charge is 0.262 e. The van der Waals surface area contributed by atoms with Crippen LogP contribution in [0.4, 0.5) is 0 Å². The minimum atomic E-state index is -0.445. The van der Waals surface area contributed by atoms with Gasteiger partial charge in [0, 0.05) is 31.7 Å². The van der Waals surface area contributed by atoms with Crippen molar-refractivity contribution < 1.29 is 19.2 Å². The number of amides is 4. The molecule has 0 aliphatic carbocycles. The van der Waals surface area contributed by atoms with Crippen molar-refractivity contribution in [3.05, 3.63) is 65.5 Å². The van der Waals surface area contributed by atoms with Gasteiger partial charge in [0.1, 0.15) is 6.54 Å². The molecular formula is C23H21N5O4. The first kappa shape index (κ1) is 19.9. The van der Waals surface area contributed by atoms with Crippen molar-refractivity contribution in [2.24, 2.45) is 0 Å². The minimum Gasteiger partial charge on any atom is -0.345 e. The lowest BCUT2D eigenvalue weighted by Gasteiger charge is -2.24. The predicted octanol–water partition coefficient (Wildman–Crippen LogP) is 1.53. The molecule has 0 atom stereocenters. The van der Waals surface area contributed by atoms with E-state index in [1.807, 2.05) is 0 Å². The van der Waals surface area contributed by atoms with Crippen LogP contribution in [0.25, 0.3) is 11.0 Å². The number of rotatable bonds is 3. The van der Waals surface area contributed by atoms with Crippen molar-refractivity contribution in [1.82, 2.24) is 24.7 Å².